The van der Waals surface area contributed by atoms with Crippen molar-refractivity contribution in [2.75, 3.05) is 0 Å². The van der Waals surface area contributed by atoms with E-state index in [-0.39, 0.29) is 28.1 Å². The van der Waals surface area contributed by atoms with E-state index in [0.29, 0.717) is 0 Å². The molecule has 0 saturated carbocycles. The van der Waals surface area contributed by atoms with Crippen molar-refractivity contribution in [3.8, 4) is 5.75 Å². The quantitative estimate of drug-likeness (QED) is 0.752. The summed E-state index contributed by atoms with van der Waals surface area (Å²) in [7, 11) is -1.71. The van der Waals surface area contributed by atoms with Crippen LogP contribution in [0.2, 0.25) is 18.1 Å². The van der Waals surface area contributed by atoms with Gasteiger partial charge in [-0.05, 0) is 46.2 Å². The summed E-state index contributed by atoms with van der Waals surface area (Å²) in [5.74, 6) is 0.962. The number of halogens is 1. The van der Waals surface area contributed by atoms with Crippen molar-refractivity contribution >= 4 is 47.3 Å². The summed E-state index contributed by atoms with van der Waals surface area (Å²) in [5.41, 5.74) is 0. The Morgan fingerprint density at radius 2 is 1.62 bits per heavy atom. The average Bonchev–Trinajstić information content (AvgIpc) is 2.06. The molecule has 0 aliphatic carbocycles. The van der Waals surface area contributed by atoms with Crippen molar-refractivity contribution in [2.45, 2.75) is 38.9 Å². The fourth-order valence-corrected chi connectivity index (χ4v) is 2.50. The van der Waals surface area contributed by atoms with Gasteiger partial charge in [0.2, 0.25) is 0 Å². The Morgan fingerprint density at radius 1 is 1.12 bits per heavy atom. The summed E-state index contributed by atoms with van der Waals surface area (Å²) in [6, 6.07) is 8.04. The van der Waals surface area contributed by atoms with Gasteiger partial charge in [-0.25, -0.2) is 0 Å². The van der Waals surface area contributed by atoms with Gasteiger partial charge < -0.3 is 4.43 Å². The summed E-state index contributed by atoms with van der Waals surface area (Å²) < 4.78 is 7.23. The summed E-state index contributed by atoms with van der Waals surface area (Å²) in [6.45, 7) is 11.3. The van der Waals surface area contributed by atoms with Gasteiger partial charge in [0, 0.05) is 0 Å². The Bertz CT molecular complexity index is 347. The van der Waals surface area contributed by atoms with Gasteiger partial charge >= 0.3 is 23.1 Å². The van der Waals surface area contributed by atoms with E-state index in [1.165, 1.54) is 0 Å². The average molecular weight is 314 g/mol. The largest absolute Gasteiger partial charge is 0.543 e. The lowest BCUT2D eigenvalue weighted by atomic mass is 10.2. The molecular weight excluding hydrogens is 292 g/mol. The van der Waals surface area contributed by atoms with Crippen molar-refractivity contribution < 1.29 is 4.43 Å². The lowest BCUT2D eigenvalue weighted by Gasteiger charge is -2.36. The lowest BCUT2D eigenvalue weighted by molar-refractivity contribution is 0.490. The molecule has 4 heteroatoms. The monoisotopic (exact) mass is 312 g/mol. The fraction of sp³-hybridized carbons (Fsp3) is 0.500. The smallest absolute Gasteiger partial charge is 0.316 e. The highest BCUT2D eigenvalue weighted by atomic mass is 79.9. The van der Waals surface area contributed by atoms with Crippen LogP contribution in [0.5, 0.6) is 5.75 Å². The first-order valence-electron chi connectivity index (χ1n) is 5.17. The Balaban J connectivity index is 0.00000225. The number of benzene rings is 1. The zero-order valence-corrected chi connectivity index (χ0v) is 12.7. The molecule has 0 N–H and O–H groups in total. The van der Waals surface area contributed by atoms with Crippen LogP contribution in [0.1, 0.15) is 20.8 Å². The van der Waals surface area contributed by atoms with Crippen molar-refractivity contribution in [3.63, 3.8) is 0 Å². The first kappa shape index (κ1) is 16.5. The molecule has 0 heterocycles. The molecule has 0 aliphatic rings. The zero-order valence-electron chi connectivity index (χ0n) is 10.1. The third kappa shape index (κ3) is 4.05. The number of rotatable bonds is 2. The lowest BCUT2D eigenvalue weighted by Crippen LogP contribution is -2.43. The maximum Gasteiger partial charge on any atom is 0.316 e. The first-order valence-corrected chi connectivity index (χ1v) is 8.88. The molecule has 0 fully saturated rings. The highest BCUT2D eigenvalue weighted by molar-refractivity contribution is 9.10. The Hall–Kier alpha value is 0.483. The predicted molar refractivity (Wildman–Crippen MR) is 80.5 cm³/mol. The van der Waals surface area contributed by atoms with E-state index in [1.54, 1.807) is 0 Å². The first-order chi connectivity index (χ1) is 6.74. The molecule has 0 aliphatic heterocycles. The molecule has 0 unspecified atom stereocenters. The molecule has 0 bridgehead atoms. The van der Waals surface area contributed by atoms with Crippen LogP contribution in [0, 0.1) is 0 Å². The van der Waals surface area contributed by atoms with Crippen LogP contribution < -0.4 is 4.43 Å². The van der Waals surface area contributed by atoms with Crippen molar-refractivity contribution in [1.29, 1.82) is 0 Å². The van der Waals surface area contributed by atoms with Crippen LogP contribution in [0.15, 0.2) is 28.7 Å². The summed E-state index contributed by atoms with van der Waals surface area (Å²) in [4.78, 5) is 0. The van der Waals surface area contributed by atoms with E-state index in [1.807, 2.05) is 24.3 Å². The molecule has 1 nitrogen and oxygen atoms in total. The van der Waals surface area contributed by atoms with E-state index in [2.05, 4.69) is 49.8 Å². The fourth-order valence-electron chi connectivity index (χ4n) is 0.955. The summed E-state index contributed by atoms with van der Waals surface area (Å²) >= 11 is 3.51. The van der Waals surface area contributed by atoms with Gasteiger partial charge in [0.25, 0.3) is 8.32 Å². The minimum Gasteiger partial charge on any atom is -0.543 e. The van der Waals surface area contributed by atoms with Gasteiger partial charge in [-0.15, -0.1) is 0 Å². The second-order valence-corrected chi connectivity index (χ2v) is 10.9. The van der Waals surface area contributed by atoms with Gasteiger partial charge in [-0.3, -0.25) is 0 Å². The second-order valence-electron chi connectivity index (χ2n) is 5.29. The highest BCUT2D eigenvalue weighted by Gasteiger charge is 2.39. The molecule has 1 aromatic carbocycles. The van der Waals surface area contributed by atoms with Gasteiger partial charge in [0.1, 0.15) is 5.75 Å². The predicted octanol–water partition coefficient (Wildman–Crippen LogP) is 3.92. The summed E-state index contributed by atoms with van der Waals surface area (Å²) in [6.07, 6.45) is 0. The van der Waals surface area contributed by atoms with Gasteiger partial charge in [-0.2, -0.15) is 0 Å². The molecular formula is C12H21BrMgOSi. The minimum atomic E-state index is -1.71. The zero-order chi connectivity index (χ0) is 11.7. The molecule has 1 aromatic rings. The van der Waals surface area contributed by atoms with Crippen LogP contribution in [-0.2, 0) is 0 Å². The Kier molecular flexibility index (Phi) is 6.07. The second kappa shape index (κ2) is 5.89. The molecule has 0 atom stereocenters. The maximum absolute atomic E-state index is 6.19. The van der Waals surface area contributed by atoms with Crippen LogP contribution in [0.3, 0.4) is 0 Å². The van der Waals surface area contributed by atoms with E-state index in [4.69, 9.17) is 4.43 Å². The van der Waals surface area contributed by atoms with Crippen molar-refractivity contribution in [3.05, 3.63) is 28.7 Å². The maximum atomic E-state index is 6.19. The highest BCUT2D eigenvalue weighted by Crippen LogP contribution is 2.38. The van der Waals surface area contributed by atoms with Crippen LogP contribution >= 0.6 is 15.9 Å². The molecule has 0 radical (unpaired) electrons. The third-order valence-electron chi connectivity index (χ3n) is 3.01. The topological polar surface area (TPSA) is 9.23 Å². The minimum absolute atomic E-state index is 0. The number of para-hydroxylation sites is 1. The molecule has 0 saturated heterocycles. The molecule has 88 valence electrons. The van der Waals surface area contributed by atoms with Gasteiger partial charge in [0.15, 0.2) is 0 Å². The van der Waals surface area contributed by atoms with Gasteiger partial charge in [-0.1, -0.05) is 32.9 Å². The normalized spacial score (nSPS) is 11.9. The molecule has 0 aromatic heterocycles. The third-order valence-corrected chi connectivity index (χ3v) is 8.01. The molecule has 0 amide bonds. The molecule has 16 heavy (non-hydrogen) atoms. The van der Waals surface area contributed by atoms with E-state index in [0.717, 1.165) is 10.2 Å². The van der Waals surface area contributed by atoms with Crippen LogP contribution in [-0.4, -0.2) is 31.4 Å². The van der Waals surface area contributed by atoms with E-state index >= 15 is 0 Å². The van der Waals surface area contributed by atoms with Crippen LogP contribution in [0.4, 0.5) is 0 Å². The van der Waals surface area contributed by atoms with Gasteiger partial charge in [0.05, 0.1) is 4.47 Å². The van der Waals surface area contributed by atoms with Crippen molar-refractivity contribution in [2.24, 2.45) is 0 Å². The number of hydrogen-bond acceptors (Lipinski definition) is 1. The van der Waals surface area contributed by atoms with E-state index < -0.39 is 8.32 Å². The number of hydrogen-bond donors (Lipinski definition) is 0. The van der Waals surface area contributed by atoms with E-state index in [9.17, 15) is 0 Å². The molecule has 0 spiro atoms. The summed E-state index contributed by atoms with van der Waals surface area (Å²) in [5, 5.41) is 0.238. The standard InChI is InChI=1S/C12H19BrOSi.Mg.2H/c1-12(2,3)15(4,5)14-11-9-7-6-8-10(11)13;;;/h6-9H,1-5H3;;;. The SMILES string of the molecule is CC(C)(C)[Si](C)(C)Oc1ccccc1Br.[MgH2]. The Morgan fingerprint density at radius 3 is 2.06 bits per heavy atom. The van der Waals surface area contributed by atoms with Crippen molar-refractivity contribution in [1.82, 2.24) is 0 Å². The van der Waals surface area contributed by atoms with Crippen LogP contribution in [0.25, 0.3) is 0 Å². The Labute approximate surface area is 124 Å². The molecule has 1 rings (SSSR count).